The average Bonchev–Trinajstić information content (AvgIpc) is 3.12. The van der Waals surface area contributed by atoms with E-state index in [2.05, 4.69) is 15.2 Å². The third kappa shape index (κ3) is 4.09. The number of para-hydroxylation sites is 1. The fraction of sp³-hybridized carbons (Fsp3) is 0.211. The summed E-state index contributed by atoms with van der Waals surface area (Å²) in [6.07, 6.45) is 0. The SMILES string of the molecule is CCN(C(=O)[C@@H](C)Sc1n[nH]c(-c2ccccc2)n1)c1ccccc1. The summed E-state index contributed by atoms with van der Waals surface area (Å²) in [5, 5.41) is 7.46. The van der Waals surface area contributed by atoms with Crippen LogP contribution in [-0.4, -0.2) is 32.9 Å². The molecule has 0 saturated carbocycles. The van der Waals surface area contributed by atoms with Crippen molar-refractivity contribution >= 4 is 23.4 Å². The van der Waals surface area contributed by atoms with Crippen molar-refractivity contribution in [2.45, 2.75) is 24.3 Å². The maximum absolute atomic E-state index is 12.8. The van der Waals surface area contributed by atoms with Crippen LogP contribution in [0.4, 0.5) is 5.69 Å². The van der Waals surface area contributed by atoms with Crippen LogP contribution in [-0.2, 0) is 4.79 Å². The zero-order valence-corrected chi connectivity index (χ0v) is 15.0. The summed E-state index contributed by atoms with van der Waals surface area (Å²) in [7, 11) is 0. The molecule has 0 aliphatic heterocycles. The lowest BCUT2D eigenvalue weighted by molar-refractivity contribution is -0.117. The molecule has 5 nitrogen and oxygen atoms in total. The lowest BCUT2D eigenvalue weighted by Crippen LogP contribution is -2.36. The highest BCUT2D eigenvalue weighted by atomic mass is 32.2. The molecule has 0 fully saturated rings. The maximum Gasteiger partial charge on any atom is 0.240 e. The number of nitrogens with zero attached hydrogens (tertiary/aromatic N) is 3. The standard InChI is InChI=1S/C19H20N4OS/c1-3-23(16-12-8-5-9-13-16)18(24)14(2)25-19-20-17(21-22-19)15-10-6-4-7-11-15/h4-14H,3H2,1-2H3,(H,20,21,22)/t14-/m1/s1. The Kier molecular flexibility index (Phi) is 5.50. The molecule has 0 radical (unpaired) electrons. The summed E-state index contributed by atoms with van der Waals surface area (Å²) in [5.74, 6) is 0.753. The number of carbonyl (C=O) groups is 1. The van der Waals surface area contributed by atoms with Gasteiger partial charge in [-0.3, -0.25) is 9.89 Å². The number of thioether (sulfide) groups is 1. The van der Waals surface area contributed by atoms with Gasteiger partial charge in [0.25, 0.3) is 0 Å². The number of rotatable bonds is 6. The van der Waals surface area contributed by atoms with Crippen molar-refractivity contribution in [3.8, 4) is 11.4 Å². The Labute approximate surface area is 151 Å². The molecule has 1 N–H and O–H groups in total. The van der Waals surface area contributed by atoms with E-state index in [1.54, 1.807) is 4.90 Å². The van der Waals surface area contributed by atoms with Crippen LogP contribution < -0.4 is 4.90 Å². The Bertz CT molecular complexity index is 820. The Morgan fingerprint density at radius 1 is 1.12 bits per heavy atom. The topological polar surface area (TPSA) is 61.9 Å². The van der Waals surface area contributed by atoms with Crippen molar-refractivity contribution < 1.29 is 4.79 Å². The molecule has 25 heavy (non-hydrogen) atoms. The molecule has 3 rings (SSSR count). The molecule has 1 atom stereocenters. The minimum atomic E-state index is -0.278. The smallest absolute Gasteiger partial charge is 0.240 e. The lowest BCUT2D eigenvalue weighted by Gasteiger charge is -2.23. The number of carbonyl (C=O) groups excluding carboxylic acids is 1. The molecule has 0 bridgehead atoms. The molecule has 1 aromatic heterocycles. The summed E-state index contributed by atoms with van der Waals surface area (Å²) < 4.78 is 0. The number of aromatic nitrogens is 3. The Hall–Kier alpha value is -2.60. The summed E-state index contributed by atoms with van der Waals surface area (Å²) in [5.41, 5.74) is 1.88. The first-order valence-corrected chi connectivity index (χ1v) is 9.08. The fourth-order valence-electron chi connectivity index (χ4n) is 2.53. The van der Waals surface area contributed by atoms with Gasteiger partial charge in [0.05, 0.1) is 5.25 Å². The number of H-pyrrole nitrogens is 1. The van der Waals surface area contributed by atoms with Crippen molar-refractivity contribution in [3.63, 3.8) is 0 Å². The number of amides is 1. The van der Waals surface area contributed by atoms with Gasteiger partial charge in [0, 0.05) is 17.8 Å². The molecule has 0 unspecified atom stereocenters. The van der Waals surface area contributed by atoms with Crippen LogP contribution in [0.3, 0.4) is 0 Å². The second-order valence-electron chi connectivity index (χ2n) is 5.51. The van der Waals surface area contributed by atoms with Crippen LogP contribution in [0.1, 0.15) is 13.8 Å². The third-order valence-electron chi connectivity index (χ3n) is 3.79. The van der Waals surface area contributed by atoms with Crippen molar-refractivity contribution in [2.75, 3.05) is 11.4 Å². The van der Waals surface area contributed by atoms with E-state index in [1.165, 1.54) is 11.8 Å². The van der Waals surface area contributed by atoms with Gasteiger partial charge in [0.2, 0.25) is 11.1 Å². The van der Waals surface area contributed by atoms with Crippen molar-refractivity contribution in [1.82, 2.24) is 15.2 Å². The molecule has 0 aliphatic rings. The number of benzene rings is 2. The number of aromatic amines is 1. The predicted octanol–water partition coefficient (Wildman–Crippen LogP) is 4.01. The predicted molar refractivity (Wildman–Crippen MR) is 102 cm³/mol. The first-order chi connectivity index (χ1) is 12.2. The molecular weight excluding hydrogens is 332 g/mol. The highest BCUT2D eigenvalue weighted by Gasteiger charge is 2.23. The van der Waals surface area contributed by atoms with Crippen LogP contribution in [0.2, 0.25) is 0 Å². The largest absolute Gasteiger partial charge is 0.312 e. The maximum atomic E-state index is 12.8. The van der Waals surface area contributed by atoms with Gasteiger partial charge in [-0.25, -0.2) is 4.98 Å². The lowest BCUT2D eigenvalue weighted by atomic mass is 10.2. The second-order valence-corrected chi connectivity index (χ2v) is 6.82. The molecule has 3 aromatic rings. The highest BCUT2D eigenvalue weighted by molar-refractivity contribution is 8.00. The highest BCUT2D eigenvalue weighted by Crippen LogP contribution is 2.25. The van der Waals surface area contributed by atoms with Crippen LogP contribution in [0, 0.1) is 0 Å². The van der Waals surface area contributed by atoms with Gasteiger partial charge in [0.1, 0.15) is 0 Å². The molecule has 1 amide bonds. The first-order valence-electron chi connectivity index (χ1n) is 8.20. The molecule has 0 aliphatic carbocycles. The van der Waals surface area contributed by atoms with Crippen molar-refractivity contribution in [3.05, 3.63) is 60.7 Å². The van der Waals surface area contributed by atoms with E-state index in [0.29, 0.717) is 17.5 Å². The van der Waals surface area contributed by atoms with Gasteiger partial charge >= 0.3 is 0 Å². The van der Waals surface area contributed by atoms with Gasteiger partial charge < -0.3 is 4.90 Å². The van der Waals surface area contributed by atoms with Gasteiger partial charge in [-0.2, -0.15) is 0 Å². The van der Waals surface area contributed by atoms with Crippen LogP contribution in [0.15, 0.2) is 65.8 Å². The monoisotopic (exact) mass is 352 g/mol. The fourth-order valence-corrected chi connectivity index (χ4v) is 3.31. The summed E-state index contributed by atoms with van der Waals surface area (Å²) >= 11 is 1.36. The second kappa shape index (κ2) is 7.98. The molecule has 0 spiro atoms. The molecule has 6 heteroatoms. The van der Waals surface area contributed by atoms with Crippen LogP contribution >= 0.6 is 11.8 Å². The van der Waals surface area contributed by atoms with E-state index in [9.17, 15) is 4.79 Å². The average molecular weight is 352 g/mol. The summed E-state index contributed by atoms with van der Waals surface area (Å²) in [6, 6.07) is 19.5. The van der Waals surface area contributed by atoms with E-state index in [-0.39, 0.29) is 11.2 Å². The molecule has 1 heterocycles. The molecule has 128 valence electrons. The minimum absolute atomic E-state index is 0.0461. The van der Waals surface area contributed by atoms with Gasteiger partial charge in [-0.15, -0.1) is 5.10 Å². The summed E-state index contributed by atoms with van der Waals surface area (Å²) in [6.45, 7) is 4.48. The van der Waals surface area contributed by atoms with E-state index >= 15 is 0 Å². The number of anilines is 1. The molecule has 0 saturated heterocycles. The van der Waals surface area contributed by atoms with E-state index in [0.717, 1.165) is 11.3 Å². The van der Waals surface area contributed by atoms with Crippen molar-refractivity contribution in [1.29, 1.82) is 0 Å². The number of hydrogen-bond acceptors (Lipinski definition) is 4. The van der Waals surface area contributed by atoms with E-state index in [1.807, 2.05) is 74.5 Å². The Morgan fingerprint density at radius 3 is 2.40 bits per heavy atom. The zero-order valence-electron chi connectivity index (χ0n) is 14.2. The molecular formula is C19H20N4OS. The Balaban J connectivity index is 1.70. The van der Waals surface area contributed by atoms with Crippen molar-refractivity contribution in [2.24, 2.45) is 0 Å². The summed E-state index contributed by atoms with van der Waals surface area (Å²) in [4.78, 5) is 19.1. The number of hydrogen-bond donors (Lipinski definition) is 1. The van der Waals surface area contributed by atoms with Gasteiger partial charge in [0.15, 0.2) is 5.82 Å². The third-order valence-corrected chi connectivity index (χ3v) is 4.74. The van der Waals surface area contributed by atoms with Gasteiger partial charge in [-0.1, -0.05) is 60.3 Å². The minimum Gasteiger partial charge on any atom is -0.312 e. The number of nitrogens with one attached hydrogen (secondary N) is 1. The first kappa shape index (κ1) is 17.2. The van der Waals surface area contributed by atoms with E-state index < -0.39 is 0 Å². The van der Waals surface area contributed by atoms with Crippen LogP contribution in [0.25, 0.3) is 11.4 Å². The quantitative estimate of drug-likeness (QED) is 0.681. The van der Waals surface area contributed by atoms with E-state index in [4.69, 9.17) is 0 Å². The molecule has 2 aromatic carbocycles. The van der Waals surface area contributed by atoms with Crippen LogP contribution in [0.5, 0.6) is 0 Å². The zero-order chi connectivity index (χ0) is 17.6. The van der Waals surface area contributed by atoms with Gasteiger partial charge in [-0.05, 0) is 26.0 Å². The Morgan fingerprint density at radius 2 is 1.76 bits per heavy atom. The normalized spacial score (nSPS) is 11.9.